The van der Waals surface area contributed by atoms with Crippen LogP contribution in [-0.4, -0.2) is 35.6 Å². The van der Waals surface area contributed by atoms with Crippen LogP contribution in [0.15, 0.2) is 59.5 Å². The van der Waals surface area contributed by atoms with E-state index in [-0.39, 0.29) is 29.5 Å². The molecule has 1 heterocycles. The third kappa shape index (κ3) is 6.32. The fraction of sp³-hybridized carbons (Fsp3) is 0.391. The van der Waals surface area contributed by atoms with Crippen LogP contribution in [0, 0.1) is 17.7 Å². The summed E-state index contributed by atoms with van der Waals surface area (Å²) in [7, 11) is 0. The second-order valence-electron chi connectivity index (χ2n) is 7.47. The number of carbonyl (C=O) groups is 2. The number of amides is 2. The first-order chi connectivity index (χ1) is 14.0. The van der Waals surface area contributed by atoms with Crippen LogP contribution in [0.3, 0.4) is 0 Å². The summed E-state index contributed by atoms with van der Waals surface area (Å²) in [6, 6.07) is 16.2. The van der Waals surface area contributed by atoms with Gasteiger partial charge in [0.05, 0.1) is 0 Å². The molecular weight excluding hydrogens is 387 g/mol. The zero-order chi connectivity index (χ0) is 20.6. The molecule has 29 heavy (non-hydrogen) atoms. The number of rotatable bonds is 7. The Morgan fingerprint density at radius 3 is 2.41 bits per heavy atom. The molecule has 1 aliphatic heterocycles. The van der Waals surface area contributed by atoms with E-state index in [2.05, 4.69) is 17.4 Å². The van der Waals surface area contributed by atoms with Crippen molar-refractivity contribution < 1.29 is 14.0 Å². The number of thioether (sulfide) groups is 1. The molecule has 1 atom stereocenters. The van der Waals surface area contributed by atoms with Gasteiger partial charge in [0.2, 0.25) is 11.8 Å². The summed E-state index contributed by atoms with van der Waals surface area (Å²) in [4.78, 5) is 28.2. The Labute approximate surface area is 175 Å². The molecule has 1 N–H and O–H groups in total. The maximum Gasteiger partial charge on any atom is 0.226 e. The number of hydrogen-bond donors (Lipinski definition) is 1. The number of nitrogens with zero attached hydrogens (tertiary/aromatic N) is 1. The number of carbonyl (C=O) groups excluding carboxylic acids is 2. The van der Waals surface area contributed by atoms with E-state index >= 15 is 0 Å². The first-order valence-corrected chi connectivity index (χ1v) is 11.0. The van der Waals surface area contributed by atoms with E-state index in [9.17, 15) is 14.0 Å². The summed E-state index contributed by atoms with van der Waals surface area (Å²) in [6.45, 7) is 3.60. The Morgan fingerprint density at radius 2 is 1.76 bits per heavy atom. The number of halogens is 1. The number of benzene rings is 2. The SMILES string of the molecule is CC(CSc1ccccc1)C(=O)N1CCC(C(=O)NCc2ccc(F)cc2)CC1. The molecule has 1 saturated heterocycles. The summed E-state index contributed by atoms with van der Waals surface area (Å²) in [5.74, 6) is 0.514. The molecule has 1 aliphatic rings. The lowest BCUT2D eigenvalue weighted by atomic mass is 9.95. The molecule has 2 aromatic rings. The monoisotopic (exact) mass is 414 g/mol. The van der Waals surface area contributed by atoms with Crippen molar-refractivity contribution in [2.75, 3.05) is 18.8 Å². The molecule has 0 radical (unpaired) electrons. The highest BCUT2D eigenvalue weighted by molar-refractivity contribution is 7.99. The maximum absolute atomic E-state index is 12.9. The zero-order valence-electron chi connectivity index (χ0n) is 16.6. The fourth-order valence-electron chi connectivity index (χ4n) is 3.42. The van der Waals surface area contributed by atoms with E-state index in [1.165, 1.54) is 17.0 Å². The summed E-state index contributed by atoms with van der Waals surface area (Å²) >= 11 is 1.70. The molecule has 1 fully saturated rings. The van der Waals surface area contributed by atoms with Gasteiger partial charge in [-0.3, -0.25) is 9.59 Å². The Kier molecular flexibility index (Phi) is 7.69. The van der Waals surface area contributed by atoms with Gasteiger partial charge in [0, 0.05) is 42.1 Å². The zero-order valence-corrected chi connectivity index (χ0v) is 17.5. The van der Waals surface area contributed by atoms with Gasteiger partial charge in [0.25, 0.3) is 0 Å². The average Bonchev–Trinajstić information content (AvgIpc) is 2.77. The van der Waals surface area contributed by atoms with Crippen molar-refractivity contribution >= 4 is 23.6 Å². The van der Waals surface area contributed by atoms with Crippen molar-refractivity contribution in [2.45, 2.75) is 31.2 Å². The first kappa shape index (κ1) is 21.4. The van der Waals surface area contributed by atoms with Crippen LogP contribution < -0.4 is 5.32 Å². The Balaban J connectivity index is 1.40. The van der Waals surface area contributed by atoms with Gasteiger partial charge in [-0.05, 0) is 42.7 Å². The Bertz CT molecular complexity index is 805. The molecule has 2 amide bonds. The molecule has 0 spiro atoms. The van der Waals surface area contributed by atoms with Gasteiger partial charge >= 0.3 is 0 Å². The summed E-state index contributed by atoms with van der Waals surface area (Å²) < 4.78 is 12.9. The van der Waals surface area contributed by atoms with Crippen LogP contribution in [0.5, 0.6) is 0 Å². The van der Waals surface area contributed by atoms with Gasteiger partial charge < -0.3 is 10.2 Å². The van der Waals surface area contributed by atoms with Gasteiger partial charge in [-0.15, -0.1) is 11.8 Å². The molecular formula is C23H27FN2O2S. The van der Waals surface area contributed by atoms with Crippen LogP contribution in [0.4, 0.5) is 4.39 Å². The van der Waals surface area contributed by atoms with Crippen molar-refractivity contribution in [1.29, 1.82) is 0 Å². The van der Waals surface area contributed by atoms with Crippen molar-refractivity contribution in [2.24, 2.45) is 11.8 Å². The minimum Gasteiger partial charge on any atom is -0.352 e. The Morgan fingerprint density at radius 1 is 1.10 bits per heavy atom. The second kappa shape index (κ2) is 10.4. The standard InChI is InChI=1S/C23H27FN2O2S/c1-17(16-29-21-5-3-2-4-6-21)23(28)26-13-11-19(12-14-26)22(27)25-15-18-7-9-20(24)10-8-18/h2-10,17,19H,11-16H2,1H3,(H,25,27). The van der Waals surface area contributed by atoms with E-state index in [1.807, 2.05) is 30.0 Å². The van der Waals surface area contributed by atoms with E-state index in [1.54, 1.807) is 23.9 Å². The smallest absolute Gasteiger partial charge is 0.226 e. The number of nitrogens with one attached hydrogen (secondary N) is 1. The quantitative estimate of drug-likeness (QED) is 0.694. The van der Waals surface area contributed by atoms with E-state index in [4.69, 9.17) is 0 Å². The highest BCUT2D eigenvalue weighted by atomic mass is 32.2. The topological polar surface area (TPSA) is 49.4 Å². The van der Waals surface area contributed by atoms with Crippen LogP contribution in [0.2, 0.25) is 0 Å². The first-order valence-electron chi connectivity index (χ1n) is 10.0. The molecule has 6 heteroatoms. The molecule has 3 rings (SSSR count). The van der Waals surface area contributed by atoms with Crippen LogP contribution >= 0.6 is 11.8 Å². The summed E-state index contributed by atoms with van der Waals surface area (Å²) in [6.07, 6.45) is 1.36. The maximum atomic E-state index is 12.9. The predicted octanol–water partition coefficient (Wildman–Crippen LogP) is 4.11. The lowest BCUT2D eigenvalue weighted by Crippen LogP contribution is -2.45. The molecule has 2 aromatic carbocycles. The number of likely N-dealkylation sites (tertiary alicyclic amines) is 1. The van der Waals surface area contributed by atoms with Crippen molar-refractivity contribution in [3.8, 4) is 0 Å². The highest BCUT2D eigenvalue weighted by Gasteiger charge is 2.29. The number of hydrogen-bond acceptors (Lipinski definition) is 3. The van der Waals surface area contributed by atoms with Crippen molar-refractivity contribution in [3.05, 3.63) is 66.0 Å². The fourth-order valence-corrected chi connectivity index (χ4v) is 4.35. The highest BCUT2D eigenvalue weighted by Crippen LogP contribution is 2.23. The lowest BCUT2D eigenvalue weighted by Gasteiger charge is -2.33. The van der Waals surface area contributed by atoms with E-state index in [0.29, 0.717) is 32.5 Å². The van der Waals surface area contributed by atoms with E-state index in [0.717, 1.165) is 11.3 Å². The second-order valence-corrected chi connectivity index (χ2v) is 8.56. The van der Waals surface area contributed by atoms with E-state index < -0.39 is 0 Å². The third-order valence-corrected chi connectivity index (χ3v) is 6.49. The van der Waals surface area contributed by atoms with Gasteiger partial charge in [-0.2, -0.15) is 0 Å². The van der Waals surface area contributed by atoms with Crippen molar-refractivity contribution in [1.82, 2.24) is 10.2 Å². The summed E-state index contributed by atoms with van der Waals surface area (Å²) in [5.41, 5.74) is 0.872. The molecule has 1 unspecified atom stereocenters. The predicted molar refractivity (Wildman–Crippen MR) is 114 cm³/mol. The molecule has 0 saturated carbocycles. The normalized spacial score (nSPS) is 15.7. The molecule has 154 valence electrons. The Hall–Kier alpha value is -2.34. The molecule has 0 bridgehead atoms. The minimum absolute atomic E-state index is 0.00843. The molecule has 4 nitrogen and oxygen atoms in total. The van der Waals surface area contributed by atoms with Crippen LogP contribution in [0.25, 0.3) is 0 Å². The molecule has 0 aliphatic carbocycles. The third-order valence-electron chi connectivity index (χ3n) is 5.22. The van der Waals surface area contributed by atoms with Crippen LogP contribution in [0.1, 0.15) is 25.3 Å². The van der Waals surface area contributed by atoms with Crippen molar-refractivity contribution in [3.63, 3.8) is 0 Å². The number of piperidine rings is 1. The summed E-state index contributed by atoms with van der Waals surface area (Å²) in [5, 5.41) is 2.93. The van der Waals surface area contributed by atoms with Gasteiger partial charge in [0.15, 0.2) is 0 Å². The van der Waals surface area contributed by atoms with Crippen LogP contribution in [-0.2, 0) is 16.1 Å². The molecule has 0 aromatic heterocycles. The largest absolute Gasteiger partial charge is 0.352 e. The van der Waals surface area contributed by atoms with Gasteiger partial charge in [-0.1, -0.05) is 37.3 Å². The minimum atomic E-state index is -0.284. The van der Waals surface area contributed by atoms with Gasteiger partial charge in [0.1, 0.15) is 5.82 Å². The van der Waals surface area contributed by atoms with Gasteiger partial charge in [-0.25, -0.2) is 4.39 Å². The lowest BCUT2D eigenvalue weighted by molar-refractivity contribution is -0.138. The average molecular weight is 415 g/mol.